The number of hydrogen-bond donors (Lipinski definition) is 1. The van der Waals surface area contributed by atoms with Gasteiger partial charge in [0, 0.05) is 11.6 Å². The minimum atomic E-state index is -3.52. The van der Waals surface area contributed by atoms with Gasteiger partial charge >= 0.3 is 0 Å². The Morgan fingerprint density at radius 3 is 2.33 bits per heavy atom. The summed E-state index contributed by atoms with van der Waals surface area (Å²) in [5.41, 5.74) is 1.29. The molecule has 0 saturated carbocycles. The molecule has 6 nitrogen and oxygen atoms in total. The zero-order valence-electron chi connectivity index (χ0n) is 15.4. The molecular formula is C20H25N2O4S+. The van der Waals surface area contributed by atoms with Crippen molar-refractivity contribution in [3.05, 3.63) is 54.1 Å². The van der Waals surface area contributed by atoms with E-state index in [1.54, 1.807) is 22.5 Å². The first-order chi connectivity index (χ1) is 13.1. The van der Waals surface area contributed by atoms with Crippen molar-refractivity contribution in [3.8, 4) is 11.5 Å². The second kappa shape index (κ2) is 7.50. The lowest BCUT2D eigenvalue weighted by atomic mass is 10.1. The molecule has 1 N–H and O–H groups in total. The third kappa shape index (κ3) is 3.67. The van der Waals surface area contributed by atoms with Gasteiger partial charge in [0.15, 0.2) is 11.5 Å². The SMILES string of the molecule is C[C@@H](c1ccccc1)[NH+]1CCN(S(=O)(=O)c2ccc3c(c2)OCCO3)CC1. The van der Waals surface area contributed by atoms with Crippen LogP contribution in [0.3, 0.4) is 0 Å². The number of quaternary nitrogens is 1. The summed E-state index contributed by atoms with van der Waals surface area (Å²) in [5, 5.41) is 0. The number of piperazine rings is 1. The average molecular weight is 389 g/mol. The minimum absolute atomic E-state index is 0.270. The van der Waals surface area contributed by atoms with E-state index in [4.69, 9.17) is 9.47 Å². The number of benzene rings is 2. The molecule has 2 heterocycles. The van der Waals surface area contributed by atoms with Gasteiger partial charge in [-0.1, -0.05) is 30.3 Å². The van der Waals surface area contributed by atoms with Crippen LogP contribution >= 0.6 is 0 Å². The molecule has 1 fully saturated rings. The van der Waals surface area contributed by atoms with Crippen LogP contribution in [-0.4, -0.2) is 52.1 Å². The quantitative estimate of drug-likeness (QED) is 0.851. The van der Waals surface area contributed by atoms with Gasteiger partial charge in [0.2, 0.25) is 10.0 Å². The predicted molar refractivity (Wildman–Crippen MR) is 102 cm³/mol. The third-order valence-electron chi connectivity index (χ3n) is 5.43. The van der Waals surface area contributed by atoms with E-state index in [2.05, 4.69) is 19.1 Å². The predicted octanol–water partition coefficient (Wildman–Crippen LogP) is 1.11. The van der Waals surface area contributed by atoms with Crippen molar-refractivity contribution in [2.24, 2.45) is 0 Å². The molecule has 144 valence electrons. The molecule has 0 amide bonds. The van der Waals surface area contributed by atoms with Crippen LogP contribution in [0.1, 0.15) is 18.5 Å². The minimum Gasteiger partial charge on any atom is -0.486 e. The summed E-state index contributed by atoms with van der Waals surface area (Å²) >= 11 is 0. The van der Waals surface area contributed by atoms with Gasteiger partial charge < -0.3 is 14.4 Å². The van der Waals surface area contributed by atoms with Crippen molar-refractivity contribution in [3.63, 3.8) is 0 Å². The van der Waals surface area contributed by atoms with E-state index in [0.29, 0.717) is 43.8 Å². The molecule has 2 aromatic carbocycles. The van der Waals surface area contributed by atoms with Gasteiger partial charge in [0.1, 0.15) is 19.3 Å². The van der Waals surface area contributed by atoms with Crippen LogP contribution in [0, 0.1) is 0 Å². The van der Waals surface area contributed by atoms with Crippen molar-refractivity contribution >= 4 is 10.0 Å². The third-order valence-corrected chi connectivity index (χ3v) is 7.32. The summed E-state index contributed by atoms with van der Waals surface area (Å²) in [6, 6.07) is 15.6. The smallest absolute Gasteiger partial charge is 0.243 e. The Morgan fingerprint density at radius 1 is 0.963 bits per heavy atom. The van der Waals surface area contributed by atoms with Crippen LogP contribution in [0.5, 0.6) is 11.5 Å². The van der Waals surface area contributed by atoms with Gasteiger partial charge in [0.05, 0.1) is 31.1 Å². The molecule has 1 atom stereocenters. The molecule has 0 aliphatic carbocycles. The van der Waals surface area contributed by atoms with E-state index in [0.717, 1.165) is 13.1 Å². The Bertz CT molecular complexity index is 893. The molecule has 4 rings (SSSR count). The van der Waals surface area contributed by atoms with Crippen molar-refractivity contribution in [2.45, 2.75) is 17.9 Å². The lowest BCUT2D eigenvalue weighted by molar-refractivity contribution is -0.933. The zero-order valence-corrected chi connectivity index (χ0v) is 16.2. The van der Waals surface area contributed by atoms with Crippen LogP contribution in [0.4, 0.5) is 0 Å². The first-order valence-electron chi connectivity index (χ1n) is 9.35. The largest absolute Gasteiger partial charge is 0.486 e. The molecule has 0 unspecified atom stereocenters. The zero-order chi connectivity index (χ0) is 18.9. The highest BCUT2D eigenvalue weighted by Crippen LogP contribution is 2.33. The molecule has 2 aliphatic heterocycles. The molecular weight excluding hydrogens is 364 g/mol. The van der Waals surface area contributed by atoms with Gasteiger partial charge in [-0.05, 0) is 19.1 Å². The maximum Gasteiger partial charge on any atom is 0.243 e. The highest BCUT2D eigenvalue weighted by atomic mass is 32.2. The van der Waals surface area contributed by atoms with E-state index in [1.165, 1.54) is 10.5 Å². The molecule has 2 aromatic rings. The van der Waals surface area contributed by atoms with E-state index in [9.17, 15) is 8.42 Å². The molecule has 0 spiro atoms. The summed E-state index contributed by atoms with van der Waals surface area (Å²) in [6.45, 7) is 5.75. The molecule has 7 heteroatoms. The summed E-state index contributed by atoms with van der Waals surface area (Å²) in [5.74, 6) is 1.11. The van der Waals surface area contributed by atoms with Gasteiger partial charge in [-0.25, -0.2) is 8.42 Å². The number of sulfonamides is 1. The summed E-state index contributed by atoms with van der Waals surface area (Å²) in [6.07, 6.45) is 0. The second-order valence-corrected chi connectivity index (χ2v) is 8.94. The van der Waals surface area contributed by atoms with Gasteiger partial charge in [-0.2, -0.15) is 4.31 Å². The Morgan fingerprint density at radius 2 is 1.63 bits per heavy atom. The Kier molecular flexibility index (Phi) is 5.08. The fourth-order valence-electron chi connectivity index (χ4n) is 3.76. The molecule has 0 bridgehead atoms. The average Bonchev–Trinajstić information content (AvgIpc) is 2.73. The second-order valence-electron chi connectivity index (χ2n) is 7.00. The maximum atomic E-state index is 13.0. The van der Waals surface area contributed by atoms with Crippen molar-refractivity contribution < 1.29 is 22.8 Å². The fourth-order valence-corrected chi connectivity index (χ4v) is 5.21. The summed E-state index contributed by atoms with van der Waals surface area (Å²) in [7, 11) is -3.52. The Balaban J connectivity index is 1.46. The van der Waals surface area contributed by atoms with E-state index in [1.807, 2.05) is 18.2 Å². The van der Waals surface area contributed by atoms with Gasteiger partial charge in [0.25, 0.3) is 0 Å². The lowest BCUT2D eigenvalue weighted by Gasteiger charge is -2.35. The highest BCUT2D eigenvalue weighted by molar-refractivity contribution is 7.89. The number of nitrogens with zero attached hydrogens (tertiary/aromatic N) is 1. The van der Waals surface area contributed by atoms with E-state index in [-0.39, 0.29) is 4.90 Å². The normalized spacial score (nSPS) is 19.6. The molecule has 27 heavy (non-hydrogen) atoms. The van der Waals surface area contributed by atoms with Crippen LogP contribution in [0.2, 0.25) is 0 Å². The molecule has 2 aliphatic rings. The Labute approximate surface area is 160 Å². The van der Waals surface area contributed by atoms with Crippen molar-refractivity contribution in [1.82, 2.24) is 4.31 Å². The number of hydrogen-bond acceptors (Lipinski definition) is 4. The van der Waals surface area contributed by atoms with Crippen LogP contribution < -0.4 is 14.4 Å². The van der Waals surface area contributed by atoms with Crippen molar-refractivity contribution in [1.29, 1.82) is 0 Å². The molecule has 0 radical (unpaired) electrons. The first-order valence-corrected chi connectivity index (χ1v) is 10.8. The topological polar surface area (TPSA) is 60.3 Å². The number of nitrogens with one attached hydrogen (secondary N) is 1. The van der Waals surface area contributed by atoms with E-state index < -0.39 is 10.0 Å². The molecule has 0 aromatic heterocycles. The number of rotatable bonds is 4. The highest BCUT2D eigenvalue weighted by Gasteiger charge is 2.33. The monoisotopic (exact) mass is 389 g/mol. The van der Waals surface area contributed by atoms with Gasteiger partial charge in [-0.3, -0.25) is 0 Å². The number of ether oxygens (including phenoxy) is 2. The van der Waals surface area contributed by atoms with Crippen LogP contribution in [0.25, 0.3) is 0 Å². The Hall–Kier alpha value is -2.09. The molecule has 1 saturated heterocycles. The summed E-state index contributed by atoms with van der Waals surface area (Å²) in [4.78, 5) is 1.68. The van der Waals surface area contributed by atoms with Crippen LogP contribution in [0.15, 0.2) is 53.4 Å². The standard InChI is InChI=1S/C20H24N2O4S/c1-16(17-5-3-2-4-6-17)21-9-11-22(12-10-21)27(23,24)18-7-8-19-20(15-18)26-14-13-25-19/h2-8,15-16H,9-14H2,1H3/p+1/t16-/m0/s1. The van der Waals surface area contributed by atoms with Gasteiger partial charge in [-0.15, -0.1) is 0 Å². The maximum absolute atomic E-state index is 13.0. The van der Waals surface area contributed by atoms with Crippen LogP contribution in [-0.2, 0) is 10.0 Å². The van der Waals surface area contributed by atoms with E-state index >= 15 is 0 Å². The first kappa shape index (κ1) is 18.3. The fraction of sp³-hybridized carbons (Fsp3) is 0.400. The summed E-state index contributed by atoms with van der Waals surface area (Å²) < 4.78 is 38.7. The lowest BCUT2D eigenvalue weighted by Crippen LogP contribution is -3.14. The number of fused-ring (bicyclic) bond motifs is 1. The van der Waals surface area contributed by atoms with Crippen molar-refractivity contribution in [2.75, 3.05) is 39.4 Å².